The summed E-state index contributed by atoms with van der Waals surface area (Å²) in [6, 6.07) is 19.3. The number of aryl methyl sites for hydroxylation is 1. The number of ether oxygens (including phenoxy) is 1. The highest BCUT2D eigenvalue weighted by molar-refractivity contribution is 9.12. The third-order valence-corrected chi connectivity index (χ3v) is 4.58. The molecule has 138 valence electrons. The van der Waals surface area contributed by atoms with Crippen LogP contribution in [0.4, 0.5) is 0 Å². The minimum atomic E-state index is -0.520. The molecule has 0 radical (unpaired) electrons. The highest BCUT2D eigenvalue weighted by atomic mass is 79.9. The van der Waals surface area contributed by atoms with E-state index in [0.29, 0.717) is 21.5 Å². The lowest BCUT2D eigenvalue weighted by molar-refractivity contribution is -0.130. The van der Waals surface area contributed by atoms with Gasteiger partial charge in [-0.05, 0) is 24.6 Å². The lowest BCUT2D eigenvalue weighted by Crippen LogP contribution is -2.07. The minimum absolute atomic E-state index is 0.189. The van der Waals surface area contributed by atoms with Crippen molar-refractivity contribution in [2.24, 2.45) is 4.99 Å². The summed E-state index contributed by atoms with van der Waals surface area (Å²) < 4.78 is 11.4. The number of hydrogen-bond acceptors (Lipinski definition) is 5. The van der Waals surface area contributed by atoms with E-state index in [1.165, 1.54) is 0 Å². The SMILES string of the molecule is Cc1onc(-c2ccccc2)c1C1=N/C(=C\C(Br)=C\c2ccccc2)C(=O)O1. The summed E-state index contributed by atoms with van der Waals surface area (Å²) in [5.41, 5.74) is 3.23. The number of halogens is 1. The molecule has 0 bridgehead atoms. The zero-order chi connectivity index (χ0) is 19.5. The molecular formula is C22H15BrN2O3. The van der Waals surface area contributed by atoms with Gasteiger partial charge in [0.25, 0.3) is 0 Å². The Hall–Kier alpha value is -3.25. The molecule has 0 saturated heterocycles. The molecular weight excluding hydrogens is 420 g/mol. The van der Waals surface area contributed by atoms with Crippen LogP contribution >= 0.6 is 15.9 Å². The monoisotopic (exact) mass is 434 g/mol. The first-order valence-corrected chi connectivity index (χ1v) is 9.38. The molecule has 2 aromatic carbocycles. The first-order valence-electron chi connectivity index (χ1n) is 8.58. The van der Waals surface area contributed by atoms with Gasteiger partial charge in [0.15, 0.2) is 5.70 Å². The summed E-state index contributed by atoms with van der Waals surface area (Å²) in [4.78, 5) is 16.7. The number of nitrogens with zero attached hydrogens (tertiary/aromatic N) is 2. The molecule has 0 amide bonds. The van der Waals surface area contributed by atoms with Gasteiger partial charge in [0.1, 0.15) is 17.0 Å². The zero-order valence-corrected chi connectivity index (χ0v) is 16.5. The third-order valence-electron chi connectivity index (χ3n) is 4.12. The predicted octanol–water partition coefficient (Wildman–Crippen LogP) is 5.27. The number of hydrogen-bond donors (Lipinski definition) is 0. The largest absolute Gasteiger partial charge is 0.402 e. The van der Waals surface area contributed by atoms with Crippen LogP contribution in [0.5, 0.6) is 0 Å². The molecule has 0 saturated carbocycles. The van der Waals surface area contributed by atoms with E-state index in [0.717, 1.165) is 11.1 Å². The second-order valence-electron chi connectivity index (χ2n) is 6.10. The topological polar surface area (TPSA) is 64.7 Å². The maximum Gasteiger partial charge on any atom is 0.363 e. The average molecular weight is 435 g/mol. The molecule has 0 atom stereocenters. The summed E-state index contributed by atoms with van der Waals surface area (Å²) >= 11 is 3.46. The summed E-state index contributed by atoms with van der Waals surface area (Å²) in [5, 5.41) is 4.11. The molecule has 0 aliphatic carbocycles. The Bertz CT molecular complexity index is 1110. The second-order valence-corrected chi connectivity index (χ2v) is 7.02. The molecule has 1 aliphatic rings. The number of aromatic nitrogens is 1. The van der Waals surface area contributed by atoms with Gasteiger partial charge in [0.05, 0.1) is 0 Å². The minimum Gasteiger partial charge on any atom is -0.402 e. The van der Waals surface area contributed by atoms with Crippen LogP contribution < -0.4 is 0 Å². The van der Waals surface area contributed by atoms with Gasteiger partial charge in [0.2, 0.25) is 5.90 Å². The van der Waals surface area contributed by atoms with Crippen LogP contribution in [0.3, 0.4) is 0 Å². The normalized spacial score (nSPS) is 15.6. The lowest BCUT2D eigenvalue weighted by atomic mass is 10.1. The summed E-state index contributed by atoms with van der Waals surface area (Å²) in [7, 11) is 0. The standard InChI is InChI=1S/C22H15BrN2O3/c1-14-19(20(25-28-14)16-10-6-3-7-11-16)21-24-18(22(26)27-21)13-17(23)12-15-8-4-2-5-9-15/h2-13H,1H3/b17-12-,18-13-. The number of carbonyl (C=O) groups excluding carboxylic acids is 1. The van der Waals surface area contributed by atoms with Gasteiger partial charge in [0, 0.05) is 10.0 Å². The second kappa shape index (κ2) is 7.78. The van der Waals surface area contributed by atoms with Crippen LogP contribution in [0.2, 0.25) is 0 Å². The van der Waals surface area contributed by atoms with Crippen LogP contribution in [0.25, 0.3) is 17.3 Å². The van der Waals surface area contributed by atoms with Crippen molar-refractivity contribution in [2.75, 3.05) is 0 Å². The number of rotatable bonds is 4. The summed E-state index contributed by atoms with van der Waals surface area (Å²) in [6.45, 7) is 1.76. The third kappa shape index (κ3) is 3.73. The highest BCUT2D eigenvalue weighted by Gasteiger charge is 2.30. The number of aliphatic imine (C=N–C) groups is 1. The van der Waals surface area contributed by atoms with E-state index in [9.17, 15) is 4.79 Å². The van der Waals surface area contributed by atoms with Crippen molar-refractivity contribution in [3.8, 4) is 11.3 Å². The summed E-state index contributed by atoms with van der Waals surface area (Å²) in [5.74, 6) is 0.201. The van der Waals surface area contributed by atoms with Crippen LogP contribution in [0.1, 0.15) is 16.9 Å². The molecule has 4 rings (SSSR count). The van der Waals surface area contributed by atoms with Crippen LogP contribution in [-0.2, 0) is 9.53 Å². The Balaban J connectivity index is 1.69. The molecule has 2 heterocycles. The van der Waals surface area contributed by atoms with E-state index in [-0.39, 0.29) is 11.6 Å². The fourth-order valence-electron chi connectivity index (χ4n) is 2.81. The first-order chi connectivity index (χ1) is 13.6. The average Bonchev–Trinajstić information content (AvgIpc) is 3.25. The number of cyclic esters (lactones) is 1. The smallest absolute Gasteiger partial charge is 0.363 e. The maximum atomic E-state index is 12.3. The van der Waals surface area contributed by atoms with Gasteiger partial charge in [-0.3, -0.25) is 0 Å². The Morgan fingerprint density at radius 1 is 1.04 bits per heavy atom. The lowest BCUT2D eigenvalue weighted by Gasteiger charge is -2.01. The molecule has 3 aromatic rings. The van der Waals surface area contributed by atoms with E-state index in [2.05, 4.69) is 26.1 Å². The number of esters is 1. The van der Waals surface area contributed by atoms with Crippen molar-refractivity contribution in [1.82, 2.24) is 5.16 Å². The van der Waals surface area contributed by atoms with E-state index < -0.39 is 5.97 Å². The number of allylic oxidation sites excluding steroid dienone is 2. The molecule has 0 N–H and O–H groups in total. The van der Waals surface area contributed by atoms with Gasteiger partial charge in [-0.2, -0.15) is 0 Å². The fourth-order valence-corrected chi connectivity index (χ4v) is 3.30. The van der Waals surface area contributed by atoms with Gasteiger partial charge in [-0.15, -0.1) is 0 Å². The molecule has 6 heteroatoms. The quantitative estimate of drug-likeness (QED) is 0.414. The van der Waals surface area contributed by atoms with E-state index in [1.807, 2.05) is 66.7 Å². The van der Waals surface area contributed by atoms with Gasteiger partial charge in [-0.1, -0.05) is 81.8 Å². The van der Waals surface area contributed by atoms with Crippen molar-refractivity contribution in [3.63, 3.8) is 0 Å². The van der Waals surface area contributed by atoms with Crippen LogP contribution in [0.15, 0.2) is 86.4 Å². The highest BCUT2D eigenvalue weighted by Crippen LogP contribution is 2.29. The van der Waals surface area contributed by atoms with E-state index >= 15 is 0 Å². The molecule has 1 aliphatic heterocycles. The van der Waals surface area contributed by atoms with E-state index in [1.54, 1.807) is 13.0 Å². The van der Waals surface area contributed by atoms with Gasteiger partial charge in [-0.25, -0.2) is 9.79 Å². The molecule has 0 spiro atoms. The van der Waals surface area contributed by atoms with Crippen molar-refractivity contribution >= 4 is 33.9 Å². The number of benzene rings is 2. The summed E-state index contributed by atoms with van der Waals surface area (Å²) in [6.07, 6.45) is 3.53. The molecule has 28 heavy (non-hydrogen) atoms. The Labute approximate surface area is 170 Å². The maximum absolute atomic E-state index is 12.3. The van der Waals surface area contributed by atoms with Crippen molar-refractivity contribution in [1.29, 1.82) is 0 Å². The molecule has 1 aromatic heterocycles. The van der Waals surface area contributed by atoms with Crippen molar-refractivity contribution in [2.45, 2.75) is 6.92 Å². The van der Waals surface area contributed by atoms with Gasteiger partial charge < -0.3 is 9.26 Å². The first kappa shape index (κ1) is 18.1. The number of carbonyl (C=O) groups is 1. The fraction of sp³-hybridized carbons (Fsp3) is 0.0455. The molecule has 5 nitrogen and oxygen atoms in total. The predicted molar refractivity (Wildman–Crippen MR) is 111 cm³/mol. The van der Waals surface area contributed by atoms with Crippen molar-refractivity contribution < 1.29 is 14.1 Å². The van der Waals surface area contributed by atoms with E-state index in [4.69, 9.17) is 9.26 Å². The van der Waals surface area contributed by atoms with Crippen molar-refractivity contribution in [3.05, 3.63) is 93.8 Å². The Morgan fingerprint density at radius 2 is 1.71 bits per heavy atom. The zero-order valence-electron chi connectivity index (χ0n) is 14.9. The molecule has 0 fully saturated rings. The Kier molecular flexibility index (Phi) is 5.04. The van der Waals surface area contributed by atoms with Crippen LogP contribution in [-0.4, -0.2) is 17.0 Å². The Morgan fingerprint density at radius 3 is 2.43 bits per heavy atom. The van der Waals surface area contributed by atoms with Crippen LogP contribution in [0, 0.1) is 6.92 Å². The molecule has 0 unspecified atom stereocenters. The van der Waals surface area contributed by atoms with Gasteiger partial charge >= 0.3 is 5.97 Å².